The summed E-state index contributed by atoms with van der Waals surface area (Å²) in [6, 6.07) is -2.51. The third-order valence-corrected chi connectivity index (χ3v) is 4.08. The van der Waals surface area contributed by atoms with Gasteiger partial charge in [-0.15, -0.1) is 0 Å². The van der Waals surface area contributed by atoms with E-state index < -0.39 is 35.9 Å². The van der Waals surface area contributed by atoms with Crippen LogP contribution in [-0.4, -0.2) is 54.1 Å². The lowest BCUT2D eigenvalue weighted by molar-refractivity contribution is -0.142. The van der Waals surface area contributed by atoms with Gasteiger partial charge in [0.1, 0.15) is 12.1 Å². The molecule has 0 aliphatic heterocycles. The van der Waals surface area contributed by atoms with Crippen molar-refractivity contribution in [1.29, 1.82) is 0 Å². The Balaban J connectivity index is 4.70. The number of nitrogens with one attached hydrogen (secondary N) is 2. The number of rotatable bonds is 15. The van der Waals surface area contributed by atoms with Crippen molar-refractivity contribution >= 4 is 17.8 Å². The van der Waals surface area contributed by atoms with E-state index in [2.05, 4.69) is 10.6 Å². The molecule has 2 amide bonds. The molecule has 0 radical (unpaired) electrons. The lowest BCUT2D eigenvalue weighted by Crippen LogP contribution is -2.54. The first-order valence-electron chi connectivity index (χ1n) is 9.36. The molecule has 0 aromatic heterocycles. The van der Waals surface area contributed by atoms with Crippen LogP contribution in [0.2, 0.25) is 0 Å². The van der Waals surface area contributed by atoms with Crippen LogP contribution in [0, 0.1) is 0 Å². The molecule has 0 spiro atoms. The fourth-order valence-electron chi connectivity index (χ4n) is 2.50. The van der Waals surface area contributed by atoms with Crippen molar-refractivity contribution < 1.29 is 19.5 Å². The van der Waals surface area contributed by atoms with Crippen molar-refractivity contribution in [2.45, 2.75) is 76.4 Å². The molecule has 0 aliphatic rings. The number of unbranched alkanes of at least 4 members (excludes halogenated alkanes) is 2. The molecule has 9 heteroatoms. The third-order valence-electron chi connectivity index (χ3n) is 4.08. The van der Waals surface area contributed by atoms with E-state index in [-0.39, 0.29) is 0 Å². The molecule has 0 saturated carbocycles. The number of carboxylic acid groups (broad SMARTS) is 1. The summed E-state index contributed by atoms with van der Waals surface area (Å²) in [6.07, 6.45) is 4.65. The monoisotopic (exact) mass is 373 g/mol. The van der Waals surface area contributed by atoms with Crippen LogP contribution >= 0.6 is 0 Å². The minimum atomic E-state index is -1.10. The molecule has 26 heavy (non-hydrogen) atoms. The summed E-state index contributed by atoms with van der Waals surface area (Å²) >= 11 is 0. The molecule has 0 aromatic rings. The fourth-order valence-corrected chi connectivity index (χ4v) is 2.50. The van der Waals surface area contributed by atoms with Gasteiger partial charge in [0.05, 0.1) is 6.04 Å². The highest BCUT2D eigenvalue weighted by Gasteiger charge is 2.27. The first-order chi connectivity index (χ1) is 12.4. The zero-order valence-corrected chi connectivity index (χ0v) is 15.7. The number of nitrogens with two attached hydrogens (primary N) is 3. The molecule has 0 bridgehead atoms. The van der Waals surface area contributed by atoms with Crippen LogP contribution in [0.5, 0.6) is 0 Å². The van der Waals surface area contributed by atoms with Gasteiger partial charge in [0.15, 0.2) is 0 Å². The molecule has 0 aliphatic carbocycles. The van der Waals surface area contributed by atoms with Gasteiger partial charge in [-0.05, 0) is 51.6 Å². The number of aliphatic carboxylic acids is 1. The zero-order valence-electron chi connectivity index (χ0n) is 15.7. The summed E-state index contributed by atoms with van der Waals surface area (Å²) in [5, 5.41) is 14.4. The third kappa shape index (κ3) is 10.3. The van der Waals surface area contributed by atoms with Gasteiger partial charge in [0, 0.05) is 0 Å². The number of carbonyl (C=O) groups excluding carboxylic acids is 2. The van der Waals surface area contributed by atoms with E-state index in [4.69, 9.17) is 17.2 Å². The van der Waals surface area contributed by atoms with Gasteiger partial charge in [-0.25, -0.2) is 4.79 Å². The minimum Gasteiger partial charge on any atom is -0.480 e. The highest BCUT2D eigenvalue weighted by molar-refractivity contribution is 5.91. The maximum Gasteiger partial charge on any atom is 0.326 e. The van der Waals surface area contributed by atoms with Gasteiger partial charge in [-0.3, -0.25) is 9.59 Å². The highest BCUT2D eigenvalue weighted by Crippen LogP contribution is 2.05. The fraction of sp³-hybridized carbons (Fsp3) is 0.824. The predicted octanol–water partition coefficient (Wildman–Crippen LogP) is -0.574. The Kier molecular flexibility index (Phi) is 13.5. The van der Waals surface area contributed by atoms with Crippen LogP contribution in [0.4, 0.5) is 0 Å². The van der Waals surface area contributed by atoms with Crippen molar-refractivity contribution in [2.24, 2.45) is 17.2 Å². The largest absolute Gasteiger partial charge is 0.480 e. The Morgan fingerprint density at radius 2 is 1.38 bits per heavy atom. The number of carbonyl (C=O) groups is 3. The predicted molar refractivity (Wildman–Crippen MR) is 100 cm³/mol. The van der Waals surface area contributed by atoms with Gasteiger partial charge in [-0.1, -0.05) is 19.8 Å². The van der Waals surface area contributed by atoms with Crippen molar-refractivity contribution in [1.82, 2.24) is 10.6 Å². The normalized spacial score (nSPS) is 14.3. The van der Waals surface area contributed by atoms with Gasteiger partial charge in [-0.2, -0.15) is 0 Å². The first kappa shape index (κ1) is 24.3. The van der Waals surface area contributed by atoms with E-state index in [0.717, 1.165) is 12.8 Å². The van der Waals surface area contributed by atoms with Crippen LogP contribution in [0.25, 0.3) is 0 Å². The quantitative estimate of drug-likeness (QED) is 0.208. The molecule has 0 aromatic carbocycles. The molecule has 152 valence electrons. The Morgan fingerprint density at radius 3 is 1.88 bits per heavy atom. The lowest BCUT2D eigenvalue weighted by atomic mass is 10.1. The second-order valence-corrected chi connectivity index (χ2v) is 6.42. The van der Waals surface area contributed by atoms with Gasteiger partial charge < -0.3 is 32.9 Å². The SMILES string of the molecule is CCCC(NC(=O)C(N)CCCCN)C(=O)NC(CCCCN)C(=O)O. The highest BCUT2D eigenvalue weighted by atomic mass is 16.4. The Morgan fingerprint density at radius 1 is 0.846 bits per heavy atom. The molecule has 0 saturated heterocycles. The van der Waals surface area contributed by atoms with E-state index in [1.165, 1.54) is 0 Å². The minimum absolute atomic E-state index is 0.295. The summed E-state index contributed by atoms with van der Waals surface area (Å²) in [7, 11) is 0. The van der Waals surface area contributed by atoms with Crippen LogP contribution in [0.15, 0.2) is 0 Å². The van der Waals surface area contributed by atoms with E-state index in [1.807, 2.05) is 6.92 Å². The summed E-state index contributed by atoms with van der Waals surface area (Å²) in [5.74, 6) is -2.02. The first-order valence-corrected chi connectivity index (χ1v) is 9.36. The van der Waals surface area contributed by atoms with Gasteiger partial charge >= 0.3 is 5.97 Å². The summed E-state index contributed by atoms with van der Waals surface area (Å²) < 4.78 is 0. The van der Waals surface area contributed by atoms with E-state index >= 15 is 0 Å². The summed E-state index contributed by atoms with van der Waals surface area (Å²) in [6.45, 7) is 2.89. The van der Waals surface area contributed by atoms with Crippen LogP contribution < -0.4 is 27.8 Å². The molecule has 0 fully saturated rings. The molecule has 0 heterocycles. The molecule has 9 nitrogen and oxygen atoms in total. The van der Waals surface area contributed by atoms with E-state index in [1.54, 1.807) is 0 Å². The molecular formula is C17H35N5O4. The van der Waals surface area contributed by atoms with Gasteiger partial charge in [0.25, 0.3) is 0 Å². The van der Waals surface area contributed by atoms with Gasteiger partial charge in [0.2, 0.25) is 11.8 Å². The van der Waals surface area contributed by atoms with Crippen molar-refractivity contribution in [2.75, 3.05) is 13.1 Å². The average Bonchev–Trinajstić information content (AvgIpc) is 2.60. The second kappa shape index (κ2) is 14.5. The molecule has 9 N–H and O–H groups in total. The molecule has 3 unspecified atom stereocenters. The second-order valence-electron chi connectivity index (χ2n) is 6.42. The van der Waals surface area contributed by atoms with E-state index in [9.17, 15) is 19.5 Å². The van der Waals surface area contributed by atoms with Crippen molar-refractivity contribution in [3.8, 4) is 0 Å². The number of hydrogen-bond donors (Lipinski definition) is 6. The Bertz CT molecular complexity index is 433. The smallest absolute Gasteiger partial charge is 0.326 e. The zero-order chi connectivity index (χ0) is 19.9. The summed E-state index contributed by atoms with van der Waals surface area (Å²) in [5.41, 5.74) is 16.7. The maximum absolute atomic E-state index is 12.4. The Labute approximate surface area is 155 Å². The maximum atomic E-state index is 12.4. The summed E-state index contributed by atoms with van der Waals surface area (Å²) in [4.78, 5) is 35.9. The molecule has 3 atom stereocenters. The van der Waals surface area contributed by atoms with Crippen LogP contribution in [0.3, 0.4) is 0 Å². The van der Waals surface area contributed by atoms with E-state index in [0.29, 0.717) is 51.6 Å². The van der Waals surface area contributed by atoms with Crippen molar-refractivity contribution in [3.63, 3.8) is 0 Å². The topological polar surface area (TPSA) is 174 Å². The Hall–Kier alpha value is -1.71. The molecule has 0 rings (SSSR count). The average molecular weight is 373 g/mol. The standard InChI is InChI=1S/C17H35N5O4/c1-2-7-13(21-15(23)12(20)8-3-5-10-18)16(24)22-14(17(25)26)9-4-6-11-19/h12-14H,2-11,18-20H2,1H3,(H,21,23)(H,22,24)(H,25,26). The van der Waals surface area contributed by atoms with Crippen LogP contribution in [-0.2, 0) is 14.4 Å². The van der Waals surface area contributed by atoms with Crippen LogP contribution in [0.1, 0.15) is 58.3 Å². The lowest BCUT2D eigenvalue weighted by Gasteiger charge is -2.22. The molecular weight excluding hydrogens is 338 g/mol. The van der Waals surface area contributed by atoms with Crippen molar-refractivity contribution in [3.05, 3.63) is 0 Å². The number of carboxylic acids is 1. The number of amides is 2. The number of hydrogen-bond acceptors (Lipinski definition) is 6.